The van der Waals surface area contributed by atoms with Crippen LogP contribution < -0.4 is 5.32 Å². The highest BCUT2D eigenvalue weighted by molar-refractivity contribution is 8.09. The standard InChI is InChI=1S/C6H11NO3S2/c1-4(8)7-5(6(9)10)2-12-3-11/h5,11H,2-3H2,1H3,(H,7,8)(H,9,10)/t5-/m0/s1. The Morgan fingerprint density at radius 1 is 1.67 bits per heavy atom. The molecule has 70 valence electrons. The molecule has 4 nitrogen and oxygen atoms in total. The number of carboxylic acids is 1. The summed E-state index contributed by atoms with van der Waals surface area (Å²) in [5, 5.41) is 11.5. The number of aliphatic carboxylic acids is 1. The Morgan fingerprint density at radius 2 is 2.25 bits per heavy atom. The van der Waals surface area contributed by atoms with Crippen LogP contribution in [0.1, 0.15) is 6.92 Å². The molecule has 6 heteroatoms. The van der Waals surface area contributed by atoms with Crippen molar-refractivity contribution in [1.29, 1.82) is 0 Å². The number of carbonyl (C=O) groups excluding carboxylic acids is 1. The Hall–Kier alpha value is -0.360. The van der Waals surface area contributed by atoms with Crippen molar-refractivity contribution >= 4 is 36.3 Å². The molecule has 0 aromatic rings. The zero-order valence-corrected chi connectivity index (χ0v) is 8.32. The molecular formula is C6H11NO3S2. The first-order valence-electron chi connectivity index (χ1n) is 3.26. The second-order valence-corrected chi connectivity index (χ2v) is 3.87. The summed E-state index contributed by atoms with van der Waals surface area (Å²) in [5.74, 6) is -1.00. The number of hydrogen-bond donors (Lipinski definition) is 3. The summed E-state index contributed by atoms with van der Waals surface area (Å²) in [4.78, 5) is 21.0. The monoisotopic (exact) mass is 209 g/mol. The van der Waals surface area contributed by atoms with Crippen molar-refractivity contribution in [3.05, 3.63) is 0 Å². The predicted octanol–water partition coefficient (Wildman–Crippen LogP) is 0.196. The Kier molecular flexibility index (Phi) is 6.00. The average Bonchev–Trinajstić information content (AvgIpc) is 1.96. The van der Waals surface area contributed by atoms with Gasteiger partial charge in [0.2, 0.25) is 5.91 Å². The second kappa shape index (κ2) is 6.19. The average molecular weight is 209 g/mol. The molecule has 0 rings (SSSR count). The molecule has 0 saturated heterocycles. The van der Waals surface area contributed by atoms with Gasteiger partial charge in [0.15, 0.2) is 0 Å². The molecule has 1 atom stereocenters. The van der Waals surface area contributed by atoms with Crippen LogP contribution in [-0.2, 0) is 9.59 Å². The molecule has 12 heavy (non-hydrogen) atoms. The molecule has 0 aromatic carbocycles. The normalized spacial score (nSPS) is 12.2. The van der Waals surface area contributed by atoms with E-state index in [4.69, 9.17) is 5.11 Å². The van der Waals surface area contributed by atoms with Crippen molar-refractivity contribution in [3.8, 4) is 0 Å². The van der Waals surface area contributed by atoms with Gasteiger partial charge in [-0.25, -0.2) is 4.79 Å². The molecule has 0 unspecified atom stereocenters. The Bertz CT molecular complexity index is 174. The summed E-state index contributed by atoms with van der Waals surface area (Å²) in [6, 6.07) is -0.806. The molecule has 0 aliphatic heterocycles. The lowest BCUT2D eigenvalue weighted by Crippen LogP contribution is -2.41. The van der Waals surface area contributed by atoms with Gasteiger partial charge >= 0.3 is 5.97 Å². The van der Waals surface area contributed by atoms with Gasteiger partial charge in [0.25, 0.3) is 0 Å². The van der Waals surface area contributed by atoms with E-state index in [1.807, 2.05) is 0 Å². The van der Waals surface area contributed by atoms with Gasteiger partial charge in [0.1, 0.15) is 6.04 Å². The highest BCUT2D eigenvalue weighted by atomic mass is 32.2. The molecule has 0 aliphatic rings. The van der Waals surface area contributed by atoms with Gasteiger partial charge in [-0.1, -0.05) is 0 Å². The number of rotatable bonds is 5. The minimum Gasteiger partial charge on any atom is -0.480 e. The third-order valence-electron chi connectivity index (χ3n) is 1.05. The van der Waals surface area contributed by atoms with Crippen molar-refractivity contribution in [2.24, 2.45) is 0 Å². The predicted molar refractivity (Wildman–Crippen MR) is 51.6 cm³/mol. The quantitative estimate of drug-likeness (QED) is 0.447. The van der Waals surface area contributed by atoms with E-state index in [1.165, 1.54) is 18.7 Å². The molecule has 0 saturated carbocycles. The molecule has 0 fully saturated rings. The molecule has 0 heterocycles. The van der Waals surface area contributed by atoms with Gasteiger partial charge in [-0.3, -0.25) is 4.79 Å². The Labute approximate surface area is 80.5 Å². The second-order valence-electron chi connectivity index (χ2n) is 2.09. The summed E-state index contributed by atoms with van der Waals surface area (Å²) >= 11 is 5.27. The smallest absolute Gasteiger partial charge is 0.327 e. The van der Waals surface area contributed by atoms with Crippen LogP contribution in [0.3, 0.4) is 0 Å². The maximum absolute atomic E-state index is 10.5. The van der Waals surface area contributed by atoms with E-state index >= 15 is 0 Å². The van der Waals surface area contributed by atoms with Crippen LogP contribution in [0.2, 0.25) is 0 Å². The fourth-order valence-electron chi connectivity index (χ4n) is 0.591. The van der Waals surface area contributed by atoms with Crippen molar-refractivity contribution in [2.75, 3.05) is 10.8 Å². The maximum Gasteiger partial charge on any atom is 0.327 e. The summed E-state index contributed by atoms with van der Waals surface area (Å²) < 4.78 is 0. The molecule has 0 bridgehead atoms. The number of nitrogens with one attached hydrogen (secondary N) is 1. The van der Waals surface area contributed by atoms with Crippen LogP contribution in [0.25, 0.3) is 0 Å². The highest BCUT2D eigenvalue weighted by Crippen LogP contribution is 2.04. The Morgan fingerprint density at radius 3 is 2.58 bits per heavy atom. The minimum atomic E-state index is -1.01. The Balaban J connectivity index is 3.87. The lowest BCUT2D eigenvalue weighted by Gasteiger charge is -2.11. The first-order valence-corrected chi connectivity index (χ1v) is 5.05. The van der Waals surface area contributed by atoms with Gasteiger partial charge in [0, 0.05) is 17.8 Å². The number of thiol groups is 1. The van der Waals surface area contributed by atoms with Gasteiger partial charge in [-0.05, 0) is 0 Å². The highest BCUT2D eigenvalue weighted by Gasteiger charge is 2.17. The van der Waals surface area contributed by atoms with Crippen LogP contribution >= 0.6 is 24.4 Å². The molecule has 1 amide bonds. The first-order chi connectivity index (χ1) is 5.57. The van der Waals surface area contributed by atoms with E-state index in [9.17, 15) is 9.59 Å². The fraction of sp³-hybridized carbons (Fsp3) is 0.667. The summed E-state index contributed by atoms with van der Waals surface area (Å²) in [6.45, 7) is 1.29. The summed E-state index contributed by atoms with van der Waals surface area (Å²) in [5.41, 5.74) is 0. The maximum atomic E-state index is 10.5. The molecular weight excluding hydrogens is 198 g/mol. The SMILES string of the molecule is CC(=O)N[C@@H](CSCS)C(=O)O. The number of hydrogen-bond acceptors (Lipinski definition) is 4. The largest absolute Gasteiger partial charge is 0.480 e. The molecule has 0 aromatic heterocycles. The zero-order chi connectivity index (χ0) is 9.56. The fourth-order valence-corrected chi connectivity index (χ4v) is 1.47. The van der Waals surface area contributed by atoms with Gasteiger partial charge in [-0.2, -0.15) is 12.6 Å². The summed E-state index contributed by atoms with van der Waals surface area (Å²) in [6.07, 6.45) is 0. The van der Waals surface area contributed by atoms with Crippen LogP contribution in [0, 0.1) is 0 Å². The first kappa shape index (κ1) is 11.6. The molecule has 0 radical (unpaired) electrons. The lowest BCUT2D eigenvalue weighted by atomic mass is 10.3. The zero-order valence-electron chi connectivity index (χ0n) is 6.61. The van der Waals surface area contributed by atoms with Crippen molar-refractivity contribution in [1.82, 2.24) is 5.32 Å². The number of amides is 1. The molecule has 2 N–H and O–H groups in total. The minimum absolute atomic E-state index is 0.331. The van der Waals surface area contributed by atoms with Crippen molar-refractivity contribution < 1.29 is 14.7 Å². The van der Waals surface area contributed by atoms with E-state index in [-0.39, 0.29) is 5.91 Å². The van der Waals surface area contributed by atoms with E-state index in [1.54, 1.807) is 0 Å². The van der Waals surface area contributed by atoms with E-state index in [2.05, 4.69) is 17.9 Å². The topological polar surface area (TPSA) is 66.4 Å². The van der Waals surface area contributed by atoms with Crippen molar-refractivity contribution in [3.63, 3.8) is 0 Å². The van der Waals surface area contributed by atoms with Crippen molar-refractivity contribution in [2.45, 2.75) is 13.0 Å². The van der Waals surface area contributed by atoms with Crippen LogP contribution in [0.5, 0.6) is 0 Å². The molecule has 0 spiro atoms. The molecule has 0 aliphatic carbocycles. The van der Waals surface area contributed by atoms with Crippen LogP contribution in [-0.4, -0.2) is 33.9 Å². The van der Waals surface area contributed by atoms with Crippen LogP contribution in [0.15, 0.2) is 0 Å². The summed E-state index contributed by atoms with van der Waals surface area (Å²) in [7, 11) is 0. The van der Waals surface area contributed by atoms with Gasteiger partial charge < -0.3 is 10.4 Å². The van der Waals surface area contributed by atoms with E-state index in [0.717, 1.165) is 0 Å². The van der Waals surface area contributed by atoms with Crippen LogP contribution in [0.4, 0.5) is 0 Å². The number of thioether (sulfide) groups is 1. The lowest BCUT2D eigenvalue weighted by molar-refractivity contribution is -0.140. The van der Waals surface area contributed by atoms with Gasteiger partial charge in [0.05, 0.1) is 0 Å². The number of carbonyl (C=O) groups is 2. The number of carboxylic acid groups (broad SMARTS) is 1. The van der Waals surface area contributed by atoms with E-state index in [0.29, 0.717) is 10.8 Å². The van der Waals surface area contributed by atoms with E-state index < -0.39 is 12.0 Å². The van der Waals surface area contributed by atoms with Gasteiger partial charge in [-0.15, -0.1) is 11.8 Å². The third-order valence-corrected chi connectivity index (χ3v) is 2.35. The third kappa shape index (κ3) is 5.31.